The summed E-state index contributed by atoms with van der Waals surface area (Å²) in [6.07, 6.45) is 1.51. The Labute approximate surface area is 183 Å². The third-order valence-electron chi connectivity index (χ3n) is 3.97. The number of aliphatic carboxylic acids is 1. The van der Waals surface area contributed by atoms with Gasteiger partial charge in [0.2, 0.25) is 0 Å². The van der Waals surface area contributed by atoms with E-state index < -0.39 is 29.7 Å². The standard InChI is InChI=1S/C23H33NO7/c1-5-30-21(27)18(12-9-15-29-16-17-10-7-6-8-11-17)13-14-19(20(25)26)24-22(28)31-23(2,3)4/h6-8,10-11,13,19H,5,9,12,14-16H2,1-4H3,(H,24,28)(H,25,26)/b18-13+/t19-/m0/s1. The Morgan fingerprint density at radius 2 is 1.84 bits per heavy atom. The van der Waals surface area contributed by atoms with Gasteiger partial charge in [-0.05, 0) is 52.5 Å². The van der Waals surface area contributed by atoms with Gasteiger partial charge < -0.3 is 24.6 Å². The number of rotatable bonds is 12. The molecular formula is C23H33NO7. The quantitative estimate of drug-likeness (QED) is 0.291. The van der Waals surface area contributed by atoms with Crippen molar-refractivity contribution in [3.05, 3.63) is 47.5 Å². The number of benzene rings is 1. The van der Waals surface area contributed by atoms with Crippen molar-refractivity contribution in [3.8, 4) is 0 Å². The van der Waals surface area contributed by atoms with Crippen LogP contribution >= 0.6 is 0 Å². The second kappa shape index (κ2) is 13.4. The SMILES string of the molecule is CCOC(=O)/C(=C/C[C@H](NC(=O)OC(C)(C)C)C(=O)O)CCCOCc1ccccc1. The van der Waals surface area contributed by atoms with E-state index in [0.29, 0.717) is 31.6 Å². The fraction of sp³-hybridized carbons (Fsp3) is 0.522. The van der Waals surface area contributed by atoms with Crippen molar-refractivity contribution in [2.75, 3.05) is 13.2 Å². The zero-order valence-corrected chi connectivity index (χ0v) is 18.7. The Balaban J connectivity index is 2.64. The van der Waals surface area contributed by atoms with Crippen molar-refractivity contribution in [1.82, 2.24) is 5.32 Å². The van der Waals surface area contributed by atoms with Gasteiger partial charge in [-0.2, -0.15) is 0 Å². The van der Waals surface area contributed by atoms with Gasteiger partial charge in [0.1, 0.15) is 11.6 Å². The maximum Gasteiger partial charge on any atom is 0.408 e. The molecule has 0 bridgehead atoms. The van der Waals surface area contributed by atoms with E-state index in [2.05, 4.69) is 5.32 Å². The van der Waals surface area contributed by atoms with Crippen molar-refractivity contribution < 1.29 is 33.7 Å². The second-order valence-electron chi connectivity index (χ2n) is 7.86. The number of nitrogens with one attached hydrogen (secondary N) is 1. The summed E-state index contributed by atoms with van der Waals surface area (Å²) in [6, 6.07) is 8.51. The van der Waals surface area contributed by atoms with E-state index >= 15 is 0 Å². The fourth-order valence-electron chi connectivity index (χ4n) is 2.57. The van der Waals surface area contributed by atoms with Crippen LogP contribution in [0.15, 0.2) is 42.0 Å². The van der Waals surface area contributed by atoms with E-state index in [9.17, 15) is 19.5 Å². The van der Waals surface area contributed by atoms with Gasteiger partial charge >= 0.3 is 18.0 Å². The van der Waals surface area contributed by atoms with Crippen LogP contribution in [-0.4, -0.2) is 48.0 Å². The number of carboxylic acid groups (broad SMARTS) is 1. The Bertz CT molecular complexity index is 738. The molecule has 8 heteroatoms. The van der Waals surface area contributed by atoms with E-state index in [1.54, 1.807) is 27.7 Å². The summed E-state index contributed by atoms with van der Waals surface area (Å²) >= 11 is 0. The molecule has 0 unspecified atom stereocenters. The highest BCUT2D eigenvalue weighted by Crippen LogP contribution is 2.13. The number of carboxylic acids is 1. The number of carbonyl (C=O) groups is 3. The molecule has 172 valence electrons. The zero-order chi connectivity index (χ0) is 23.3. The number of ether oxygens (including phenoxy) is 3. The summed E-state index contributed by atoms with van der Waals surface area (Å²) in [7, 11) is 0. The number of esters is 1. The molecule has 0 aromatic heterocycles. The lowest BCUT2D eigenvalue weighted by Gasteiger charge is -2.21. The van der Waals surface area contributed by atoms with Crippen molar-refractivity contribution in [2.24, 2.45) is 0 Å². The van der Waals surface area contributed by atoms with Crippen LogP contribution < -0.4 is 5.32 Å². The largest absolute Gasteiger partial charge is 0.480 e. The summed E-state index contributed by atoms with van der Waals surface area (Å²) < 4.78 is 15.8. The highest BCUT2D eigenvalue weighted by atomic mass is 16.6. The van der Waals surface area contributed by atoms with Crippen LogP contribution in [0.2, 0.25) is 0 Å². The van der Waals surface area contributed by atoms with Gasteiger partial charge in [0.05, 0.1) is 13.2 Å². The van der Waals surface area contributed by atoms with Crippen LogP contribution in [0.5, 0.6) is 0 Å². The molecule has 0 heterocycles. The van der Waals surface area contributed by atoms with Gasteiger partial charge in [-0.25, -0.2) is 14.4 Å². The topological polar surface area (TPSA) is 111 Å². The molecule has 0 radical (unpaired) electrons. The zero-order valence-electron chi connectivity index (χ0n) is 18.7. The van der Waals surface area contributed by atoms with E-state index in [4.69, 9.17) is 14.2 Å². The highest BCUT2D eigenvalue weighted by Gasteiger charge is 2.24. The first-order valence-corrected chi connectivity index (χ1v) is 10.3. The number of hydrogen-bond donors (Lipinski definition) is 2. The van der Waals surface area contributed by atoms with E-state index in [1.165, 1.54) is 6.08 Å². The summed E-state index contributed by atoms with van der Waals surface area (Å²) in [6.45, 7) is 7.86. The maximum absolute atomic E-state index is 12.2. The molecule has 1 atom stereocenters. The van der Waals surface area contributed by atoms with Gasteiger partial charge in [-0.3, -0.25) is 0 Å². The molecular weight excluding hydrogens is 402 g/mol. The lowest BCUT2D eigenvalue weighted by Crippen LogP contribution is -2.43. The average Bonchev–Trinajstić information content (AvgIpc) is 2.68. The predicted octanol–water partition coefficient (Wildman–Crippen LogP) is 3.84. The van der Waals surface area contributed by atoms with Gasteiger partial charge in [0.25, 0.3) is 0 Å². The highest BCUT2D eigenvalue weighted by molar-refractivity contribution is 5.88. The molecule has 0 aliphatic rings. The van der Waals surface area contributed by atoms with Crippen molar-refractivity contribution >= 4 is 18.0 Å². The molecule has 0 fully saturated rings. The van der Waals surface area contributed by atoms with Gasteiger partial charge in [-0.15, -0.1) is 0 Å². The van der Waals surface area contributed by atoms with E-state index in [0.717, 1.165) is 5.56 Å². The Hall–Kier alpha value is -2.87. The molecule has 0 spiro atoms. The van der Waals surface area contributed by atoms with Crippen molar-refractivity contribution in [3.63, 3.8) is 0 Å². The molecule has 1 aromatic carbocycles. The molecule has 0 saturated carbocycles. The normalized spacial score (nSPS) is 12.7. The molecule has 31 heavy (non-hydrogen) atoms. The maximum atomic E-state index is 12.2. The summed E-state index contributed by atoms with van der Waals surface area (Å²) in [5, 5.41) is 11.7. The van der Waals surface area contributed by atoms with Gasteiger partial charge in [-0.1, -0.05) is 36.4 Å². The molecule has 1 rings (SSSR count). The minimum atomic E-state index is -1.23. The summed E-state index contributed by atoms with van der Waals surface area (Å²) in [5.41, 5.74) is 0.655. The summed E-state index contributed by atoms with van der Waals surface area (Å²) in [4.78, 5) is 35.6. The van der Waals surface area contributed by atoms with E-state index in [1.807, 2.05) is 30.3 Å². The van der Waals surface area contributed by atoms with Crippen LogP contribution in [0.4, 0.5) is 4.79 Å². The average molecular weight is 436 g/mol. The second-order valence-corrected chi connectivity index (χ2v) is 7.86. The predicted molar refractivity (Wildman–Crippen MR) is 115 cm³/mol. The first-order valence-electron chi connectivity index (χ1n) is 10.3. The van der Waals surface area contributed by atoms with Crippen LogP contribution in [-0.2, 0) is 30.4 Å². The van der Waals surface area contributed by atoms with Crippen LogP contribution in [0, 0.1) is 0 Å². The number of carbonyl (C=O) groups excluding carboxylic acids is 2. The van der Waals surface area contributed by atoms with Crippen LogP contribution in [0.3, 0.4) is 0 Å². The van der Waals surface area contributed by atoms with Crippen LogP contribution in [0.25, 0.3) is 0 Å². The van der Waals surface area contributed by atoms with Crippen LogP contribution in [0.1, 0.15) is 52.5 Å². The van der Waals surface area contributed by atoms with Gasteiger partial charge in [0.15, 0.2) is 0 Å². The van der Waals surface area contributed by atoms with E-state index in [-0.39, 0.29) is 13.0 Å². The number of amides is 1. The fourth-order valence-corrected chi connectivity index (χ4v) is 2.57. The molecule has 0 aliphatic heterocycles. The van der Waals surface area contributed by atoms with Crippen molar-refractivity contribution in [2.45, 2.75) is 65.2 Å². The molecule has 1 aromatic rings. The molecule has 1 amide bonds. The van der Waals surface area contributed by atoms with Crippen molar-refractivity contribution in [1.29, 1.82) is 0 Å². The molecule has 0 aliphatic carbocycles. The molecule has 0 saturated heterocycles. The molecule has 8 nitrogen and oxygen atoms in total. The minimum Gasteiger partial charge on any atom is -0.480 e. The first-order chi connectivity index (χ1) is 14.6. The third kappa shape index (κ3) is 11.8. The number of hydrogen-bond acceptors (Lipinski definition) is 6. The Morgan fingerprint density at radius 1 is 1.16 bits per heavy atom. The van der Waals surface area contributed by atoms with Gasteiger partial charge in [0, 0.05) is 12.2 Å². The lowest BCUT2D eigenvalue weighted by molar-refractivity contribution is -0.140. The third-order valence-corrected chi connectivity index (χ3v) is 3.97. The first kappa shape index (κ1) is 26.2. The number of alkyl carbamates (subject to hydrolysis) is 1. The minimum absolute atomic E-state index is 0.0758. The lowest BCUT2D eigenvalue weighted by atomic mass is 10.1. The smallest absolute Gasteiger partial charge is 0.408 e. The molecule has 2 N–H and O–H groups in total. The Morgan fingerprint density at radius 3 is 2.42 bits per heavy atom. The summed E-state index contributed by atoms with van der Waals surface area (Å²) in [5.74, 6) is -1.73. The monoisotopic (exact) mass is 435 g/mol. The Kier molecular flexibility index (Phi) is 11.3.